The fraction of sp³-hybridized carbons (Fsp3) is 0.341. The van der Waals surface area contributed by atoms with E-state index in [0.717, 1.165) is 59.5 Å². The Kier molecular flexibility index (Phi) is 14.4. The van der Waals surface area contributed by atoms with Crippen LogP contribution < -0.4 is 4.90 Å². The summed E-state index contributed by atoms with van der Waals surface area (Å²) < 4.78 is 16.4. The fourth-order valence-electron chi connectivity index (χ4n) is 7.17. The Morgan fingerprint density at radius 1 is 0.649 bits per heavy atom. The van der Waals surface area contributed by atoms with E-state index in [2.05, 4.69) is 44.5 Å². The van der Waals surface area contributed by atoms with Gasteiger partial charge in [0.1, 0.15) is 17.1 Å². The van der Waals surface area contributed by atoms with Crippen LogP contribution in [0, 0.1) is 5.92 Å². The summed E-state index contributed by atoms with van der Waals surface area (Å²) >= 11 is 0. The maximum Gasteiger partial charge on any atom is 0.415 e. The van der Waals surface area contributed by atoms with Gasteiger partial charge in [0.2, 0.25) is 11.6 Å². The van der Waals surface area contributed by atoms with Crippen molar-refractivity contribution in [1.29, 1.82) is 0 Å². The van der Waals surface area contributed by atoms with E-state index in [1.807, 2.05) is 45.0 Å². The molecule has 2 aliphatic rings. The molecule has 0 atom stereocenters. The first-order valence-corrected chi connectivity index (χ1v) is 19.1. The monoisotopic (exact) mass is 813 g/mol. The minimum Gasteiger partial charge on any atom is -0.508 e. The van der Waals surface area contributed by atoms with E-state index in [4.69, 9.17) is 13.8 Å². The summed E-state index contributed by atoms with van der Waals surface area (Å²) in [6.45, 7) is 5.63. The van der Waals surface area contributed by atoms with Gasteiger partial charge in [-0.3, -0.25) is 4.90 Å². The maximum absolute atomic E-state index is 12.9. The Morgan fingerprint density at radius 2 is 1.07 bits per heavy atom. The van der Waals surface area contributed by atoms with E-state index < -0.39 is 5.60 Å². The van der Waals surface area contributed by atoms with E-state index in [0.29, 0.717) is 23.4 Å². The van der Waals surface area contributed by atoms with E-state index in [-0.39, 0.29) is 48.4 Å². The Labute approximate surface area is 345 Å². The van der Waals surface area contributed by atoms with Crippen LogP contribution in [0.5, 0.6) is 11.5 Å². The first-order chi connectivity index (χ1) is 26.6. The molecule has 1 amide bonds. The van der Waals surface area contributed by atoms with Gasteiger partial charge in [0.05, 0.1) is 0 Å². The van der Waals surface area contributed by atoms with Crippen LogP contribution in [0.2, 0.25) is 0 Å². The molecule has 0 aliphatic heterocycles. The van der Waals surface area contributed by atoms with Gasteiger partial charge in [-0.15, -0.1) is 24.8 Å². The van der Waals surface area contributed by atoms with Crippen molar-refractivity contribution in [2.24, 2.45) is 5.92 Å². The molecule has 2 heterocycles. The summed E-state index contributed by atoms with van der Waals surface area (Å²) in [5.74, 6) is 3.12. The van der Waals surface area contributed by atoms with Gasteiger partial charge in [-0.1, -0.05) is 73.1 Å². The van der Waals surface area contributed by atoms with E-state index in [1.165, 1.54) is 37.7 Å². The number of phenols is 2. The Balaban J connectivity index is 0.000000216. The number of carbonyl (C=O) groups excluding carboxylic acids is 1. The normalized spacial score (nSPS) is 14.2. The molecule has 0 spiro atoms. The number of aromatic nitrogens is 4. The van der Waals surface area contributed by atoms with Gasteiger partial charge in [-0.05, 0) is 124 Å². The lowest BCUT2D eigenvalue weighted by Gasteiger charge is -2.31. The Morgan fingerprint density at radius 3 is 1.53 bits per heavy atom. The summed E-state index contributed by atoms with van der Waals surface area (Å²) in [5, 5.41) is 26.9. The summed E-state index contributed by atoms with van der Waals surface area (Å²) in [6, 6.07) is 29.5. The quantitative estimate of drug-likeness (QED) is 0.152. The van der Waals surface area contributed by atoms with E-state index in [1.54, 1.807) is 53.4 Å². The average Bonchev–Trinajstić information content (AvgIpc) is 4.02. The third-order valence-corrected chi connectivity index (χ3v) is 9.98. The van der Waals surface area contributed by atoms with Crippen molar-refractivity contribution in [3.63, 3.8) is 0 Å². The molecule has 0 unspecified atom stereocenters. The molecular weight excluding hydrogens is 765 g/mol. The molecule has 2 aromatic heterocycles. The predicted octanol–water partition coefficient (Wildman–Crippen LogP) is 11.5. The van der Waals surface area contributed by atoms with E-state index in [9.17, 15) is 15.0 Å². The van der Waals surface area contributed by atoms with Crippen molar-refractivity contribution < 1.29 is 28.8 Å². The average molecular weight is 815 g/mol. The van der Waals surface area contributed by atoms with Crippen molar-refractivity contribution in [1.82, 2.24) is 20.3 Å². The molecule has 11 nitrogen and oxygen atoms in total. The number of hydrogen-bond acceptors (Lipinski definition) is 10. The molecule has 2 aliphatic carbocycles. The molecule has 2 N–H and O–H groups in total. The van der Waals surface area contributed by atoms with Gasteiger partial charge in [-0.2, -0.15) is 9.97 Å². The molecule has 0 radical (unpaired) electrons. The van der Waals surface area contributed by atoms with Crippen molar-refractivity contribution in [2.75, 3.05) is 4.90 Å². The van der Waals surface area contributed by atoms with Crippen LogP contribution in [-0.4, -0.2) is 48.2 Å². The number of nitrogens with zero attached hydrogens (tertiary/aromatic N) is 5. The molecule has 8 rings (SSSR count). The van der Waals surface area contributed by atoms with Crippen LogP contribution in [0.3, 0.4) is 0 Å². The molecule has 2 saturated carbocycles. The number of phenolic OH excluding ortho intramolecular Hbond substituents is 2. The number of benzene rings is 4. The lowest BCUT2D eigenvalue weighted by atomic mass is 9.97. The van der Waals surface area contributed by atoms with Crippen LogP contribution in [-0.2, 0) is 11.2 Å². The molecule has 0 bridgehead atoms. The van der Waals surface area contributed by atoms with Crippen LogP contribution >= 0.6 is 24.8 Å². The molecule has 0 saturated heterocycles. The van der Waals surface area contributed by atoms with Gasteiger partial charge in [0, 0.05) is 34.0 Å². The molecule has 300 valence electrons. The van der Waals surface area contributed by atoms with Crippen LogP contribution in [0.4, 0.5) is 10.5 Å². The van der Waals surface area contributed by atoms with Crippen LogP contribution in [0.25, 0.3) is 45.7 Å². The van der Waals surface area contributed by atoms with Crippen molar-refractivity contribution in [3.05, 3.63) is 103 Å². The first-order valence-electron chi connectivity index (χ1n) is 19.1. The number of rotatable bonds is 8. The lowest BCUT2D eigenvalue weighted by molar-refractivity contribution is 0.0566. The van der Waals surface area contributed by atoms with Crippen LogP contribution in [0.15, 0.2) is 106 Å². The highest BCUT2D eigenvalue weighted by Gasteiger charge is 2.31. The predicted molar refractivity (Wildman–Crippen MR) is 225 cm³/mol. The largest absolute Gasteiger partial charge is 0.508 e. The Hall–Kier alpha value is -5.39. The number of hydrogen-bond donors (Lipinski definition) is 2. The lowest BCUT2D eigenvalue weighted by Crippen LogP contribution is -2.42. The summed E-state index contributed by atoms with van der Waals surface area (Å²) in [6.07, 6.45) is 10.5. The van der Waals surface area contributed by atoms with Gasteiger partial charge in [-0.25, -0.2) is 4.79 Å². The van der Waals surface area contributed by atoms with Crippen LogP contribution in [0.1, 0.15) is 77.7 Å². The maximum atomic E-state index is 12.9. The van der Waals surface area contributed by atoms with Gasteiger partial charge < -0.3 is 24.0 Å². The van der Waals surface area contributed by atoms with Crippen molar-refractivity contribution in [3.8, 4) is 57.2 Å². The minimum atomic E-state index is -0.552. The standard InChI is InChI=1S/C24H27N3O4.C20H20N2O2.2ClH/c1-24(2,3)30-23(29)27(18-6-4-5-7-18)19-12-8-16(9-13-19)21-25-22(31-26-21)17-10-14-20(28)15-11-17;23-18-11-9-17(10-12-18)20-21-19(22-24-20)16-7-5-15(6-8-16)13-14-3-1-2-4-14;;/h8-15,18,28H,4-7H2,1-3H3;5-12,14,23H,1-4,13H2;2*1H. The second-order valence-corrected chi connectivity index (χ2v) is 15.3. The summed E-state index contributed by atoms with van der Waals surface area (Å²) in [7, 11) is 0. The summed E-state index contributed by atoms with van der Waals surface area (Å²) in [4.78, 5) is 23.6. The van der Waals surface area contributed by atoms with Gasteiger partial charge in [0.25, 0.3) is 11.8 Å². The fourth-order valence-corrected chi connectivity index (χ4v) is 7.17. The highest BCUT2D eigenvalue weighted by molar-refractivity contribution is 5.89. The van der Waals surface area contributed by atoms with Gasteiger partial charge in [0.15, 0.2) is 0 Å². The summed E-state index contributed by atoms with van der Waals surface area (Å²) in [5.41, 5.74) is 4.89. The molecule has 2 fully saturated rings. The topological polar surface area (TPSA) is 148 Å². The number of ether oxygens (including phenoxy) is 1. The zero-order valence-electron chi connectivity index (χ0n) is 32.3. The molecule has 6 aromatic rings. The second kappa shape index (κ2) is 19.2. The Bertz CT molecular complexity index is 2150. The number of halogens is 2. The third-order valence-electron chi connectivity index (χ3n) is 9.98. The SMILES string of the molecule is CC(C)(C)OC(=O)N(c1ccc(-c2noc(-c3ccc(O)cc3)n2)cc1)C1CCCC1.Cl.Cl.Oc1ccc(-c2nc(-c3ccc(CC4CCCC4)cc3)no2)cc1. The number of carbonyl (C=O) groups is 1. The highest BCUT2D eigenvalue weighted by atomic mass is 35.5. The van der Waals surface area contributed by atoms with Crippen molar-refractivity contribution in [2.45, 2.75) is 90.2 Å². The number of amides is 1. The molecular formula is C44H49Cl2N5O6. The zero-order chi connectivity index (χ0) is 38.4. The minimum absolute atomic E-state index is 0. The first kappa shape index (κ1) is 42.7. The number of aromatic hydroxyl groups is 2. The number of anilines is 1. The highest BCUT2D eigenvalue weighted by Crippen LogP contribution is 2.33. The van der Waals surface area contributed by atoms with E-state index >= 15 is 0 Å². The molecule has 57 heavy (non-hydrogen) atoms. The second-order valence-electron chi connectivity index (χ2n) is 15.3. The third kappa shape index (κ3) is 11.1. The zero-order valence-corrected chi connectivity index (χ0v) is 34.0. The smallest absolute Gasteiger partial charge is 0.415 e. The van der Waals surface area contributed by atoms with Gasteiger partial charge >= 0.3 is 6.09 Å². The molecule has 4 aromatic carbocycles. The molecule has 13 heteroatoms. The van der Waals surface area contributed by atoms with Crippen molar-refractivity contribution >= 4 is 36.6 Å².